The fraction of sp³-hybridized carbons (Fsp3) is 0.333. The Morgan fingerprint density at radius 1 is 1.09 bits per heavy atom. The van der Waals surface area contributed by atoms with Crippen LogP contribution in [0, 0.1) is 0 Å². The van der Waals surface area contributed by atoms with Crippen molar-refractivity contribution in [1.82, 2.24) is 9.55 Å². The summed E-state index contributed by atoms with van der Waals surface area (Å²) >= 11 is 1.23. The highest BCUT2D eigenvalue weighted by Crippen LogP contribution is 2.37. The number of thioether (sulfide) groups is 1. The average Bonchev–Trinajstić information content (AvgIpc) is 2.78. The van der Waals surface area contributed by atoms with Crippen molar-refractivity contribution in [3.8, 4) is 0 Å². The molecule has 0 fully saturated rings. The summed E-state index contributed by atoms with van der Waals surface area (Å²) in [6.07, 6.45) is 1.78. The van der Waals surface area contributed by atoms with Gasteiger partial charge in [0.1, 0.15) is 5.54 Å². The number of fused-ring (bicyclic) bond motifs is 2. The molecule has 2 aromatic carbocycles. The van der Waals surface area contributed by atoms with Crippen molar-refractivity contribution in [1.29, 1.82) is 0 Å². The third kappa shape index (κ3) is 3.90. The van der Waals surface area contributed by atoms with Crippen LogP contribution in [0.5, 0.6) is 0 Å². The summed E-state index contributed by atoms with van der Waals surface area (Å²) in [4.78, 5) is 45.3. The molecule has 8 heteroatoms. The van der Waals surface area contributed by atoms with Crippen LogP contribution in [0.25, 0.3) is 10.9 Å². The first-order valence-electron chi connectivity index (χ1n) is 10.7. The molecule has 0 saturated heterocycles. The molecule has 0 bridgehead atoms. The second-order valence-electron chi connectivity index (χ2n) is 8.27. The van der Waals surface area contributed by atoms with E-state index in [1.807, 2.05) is 30.3 Å². The van der Waals surface area contributed by atoms with Gasteiger partial charge in [-0.05, 0) is 44.5 Å². The van der Waals surface area contributed by atoms with Gasteiger partial charge in [0.15, 0.2) is 5.16 Å². The molecule has 2 heterocycles. The third-order valence-corrected chi connectivity index (χ3v) is 6.61. The van der Waals surface area contributed by atoms with E-state index in [1.54, 1.807) is 41.5 Å². The minimum atomic E-state index is -1.04. The normalized spacial score (nSPS) is 14.8. The fourth-order valence-corrected chi connectivity index (χ4v) is 4.74. The van der Waals surface area contributed by atoms with E-state index in [4.69, 9.17) is 0 Å². The first-order valence-corrected chi connectivity index (χ1v) is 11.7. The van der Waals surface area contributed by atoms with Gasteiger partial charge < -0.3 is 5.32 Å². The van der Waals surface area contributed by atoms with Crippen LogP contribution in [0.1, 0.15) is 33.6 Å². The van der Waals surface area contributed by atoms with Gasteiger partial charge in [0, 0.05) is 6.54 Å². The molecule has 0 spiro atoms. The van der Waals surface area contributed by atoms with Crippen molar-refractivity contribution < 1.29 is 9.59 Å². The van der Waals surface area contributed by atoms with Crippen molar-refractivity contribution in [3.05, 3.63) is 58.9 Å². The summed E-state index contributed by atoms with van der Waals surface area (Å²) < 4.78 is 1.66. The van der Waals surface area contributed by atoms with E-state index in [-0.39, 0.29) is 23.1 Å². The first-order chi connectivity index (χ1) is 15.3. The Hall–Kier alpha value is -3.13. The van der Waals surface area contributed by atoms with E-state index in [2.05, 4.69) is 17.2 Å². The van der Waals surface area contributed by atoms with Gasteiger partial charge >= 0.3 is 0 Å². The smallest absolute Gasteiger partial charge is 0.262 e. The lowest BCUT2D eigenvalue weighted by atomic mass is 9.96. The molecule has 1 aliphatic heterocycles. The Morgan fingerprint density at radius 2 is 1.81 bits per heavy atom. The van der Waals surface area contributed by atoms with Gasteiger partial charge in [-0.1, -0.05) is 49.4 Å². The van der Waals surface area contributed by atoms with Crippen LogP contribution in [0.4, 0.5) is 11.4 Å². The number of nitrogens with zero attached hydrogens (tertiary/aromatic N) is 3. The molecule has 0 aliphatic carbocycles. The first kappa shape index (κ1) is 22.1. The third-order valence-electron chi connectivity index (χ3n) is 5.64. The second-order valence-corrected chi connectivity index (χ2v) is 9.21. The van der Waals surface area contributed by atoms with Gasteiger partial charge in [0.2, 0.25) is 11.8 Å². The van der Waals surface area contributed by atoms with Crippen molar-refractivity contribution in [2.75, 3.05) is 16.0 Å². The predicted octanol–water partition coefficient (Wildman–Crippen LogP) is 4.05. The van der Waals surface area contributed by atoms with Crippen LogP contribution in [0.3, 0.4) is 0 Å². The number of nitrogens with one attached hydrogen (secondary N) is 1. The van der Waals surface area contributed by atoms with Crippen LogP contribution >= 0.6 is 11.8 Å². The molecule has 3 aromatic rings. The van der Waals surface area contributed by atoms with Crippen molar-refractivity contribution in [3.63, 3.8) is 0 Å². The van der Waals surface area contributed by atoms with E-state index in [0.29, 0.717) is 34.0 Å². The fourth-order valence-electron chi connectivity index (χ4n) is 3.86. The maximum Gasteiger partial charge on any atom is 0.262 e. The van der Waals surface area contributed by atoms with E-state index in [0.717, 1.165) is 12.8 Å². The SMILES string of the molecule is CCCCn1c(SCC(=O)N2c3ccccc3NC(=O)C2(C)C)nc2ccccc2c1=O. The number of rotatable bonds is 6. The summed E-state index contributed by atoms with van der Waals surface area (Å²) in [5, 5.41) is 3.96. The quantitative estimate of drug-likeness (QED) is 0.452. The largest absolute Gasteiger partial charge is 0.322 e. The number of hydrogen-bond donors (Lipinski definition) is 1. The van der Waals surface area contributed by atoms with Gasteiger partial charge in [-0.3, -0.25) is 23.9 Å². The zero-order valence-corrected chi connectivity index (χ0v) is 19.2. The highest BCUT2D eigenvalue weighted by Gasteiger charge is 2.43. The predicted molar refractivity (Wildman–Crippen MR) is 128 cm³/mol. The van der Waals surface area contributed by atoms with E-state index in [9.17, 15) is 14.4 Å². The van der Waals surface area contributed by atoms with Crippen LogP contribution in [0.15, 0.2) is 58.5 Å². The molecule has 7 nitrogen and oxygen atoms in total. The molecule has 1 aromatic heterocycles. The van der Waals surface area contributed by atoms with Gasteiger partial charge in [-0.25, -0.2) is 4.98 Å². The minimum absolute atomic E-state index is 0.0575. The second kappa shape index (κ2) is 8.78. The molecule has 166 valence electrons. The number of carbonyl (C=O) groups excluding carboxylic acids is 2. The van der Waals surface area contributed by atoms with Gasteiger partial charge in [0.05, 0.1) is 28.0 Å². The molecule has 0 atom stereocenters. The van der Waals surface area contributed by atoms with Crippen LogP contribution < -0.4 is 15.8 Å². The number of unbranched alkanes of at least 4 members (excludes halogenated alkanes) is 1. The van der Waals surface area contributed by atoms with Gasteiger partial charge in [-0.15, -0.1) is 0 Å². The van der Waals surface area contributed by atoms with E-state index < -0.39 is 5.54 Å². The summed E-state index contributed by atoms with van der Waals surface area (Å²) in [5.41, 5.74) is 0.756. The molecular formula is C24H26N4O3S. The lowest BCUT2D eigenvalue weighted by Gasteiger charge is -2.42. The summed E-state index contributed by atoms with van der Waals surface area (Å²) in [5.74, 6) is -0.396. The molecular weight excluding hydrogens is 424 g/mol. The van der Waals surface area contributed by atoms with Crippen molar-refractivity contribution >= 4 is 45.9 Å². The Bertz CT molecular complexity index is 1250. The Kier molecular flexibility index (Phi) is 6.06. The monoisotopic (exact) mass is 450 g/mol. The maximum absolute atomic E-state index is 13.4. The summed E-state index contributed by atoms with van der Waals surface area (Å²) in [6.45, 7) is 6.07. The number of amides is 2. The van der Waals surface area contributed by atoms with Gasteiger partial charge in [0.25, 0.3) is 5.56 Å². The topological polar surface area (TPSA) is 84.3 Å². The van der Waals surface area contributed by atoms with Crippen LogP contribution in [-0.2, 0) is 16.1 Å². The zero-order chi connectivity index (χ0) is 22.9. The summed E-state index contributed by atoms with van der Waals surface area (Å²) in [6, 6.07) is 14.5. The number of aromatic nitrogens is 2. The number of anilines is 2. The molecule has 0 unspecified atom stereocenters. The Labute approximate surface area is 190 Å². The van der Waals surface area contributed by atoms with Crippen LogP contribution in [0.2, 0.25) is 0 Å². The maximum atomic E-state index is 13.4. The Balaban J connectivity index is 1.67. The van der Waals surface area contributed by atoms with Crippen LogP contribution in [-0.4, -0.2) is 32.7 Å². The van der Waals surface area contributed by atoms with E-state index >= 15 is 0 Å². The summed E-state index contributed by atoms with van der Waals surface area (Å²) in [7, 11) is 0. The standard InChI is InChI=1S/C24H26N4O3S/c1-4-5-14-27-21(30)16-10-6-7-11-17(16)26-23(27)32-15-20(29)28-19-13-9-8-12-18(19)25-22(31)24(28,2)3/h6-13H,4-5,14-15H2,1-3H3,(H,25,31). The van der Waals surface area contributed by atoms with Gasteiger partial charge in [-0.2, -0.15) is 0 Å². The van der Waals surface area contributed by atoms with Crippen molar-refractivity contribution in [2.24, 2.45) is 0 Å². The average molecular weight is 451 g/mol. The molecule has 2 amide bonds. The number of benzene rings is 2. The molecule has 0 saturated carbocycles. The number of para-hydroxylation sites is 3. The van der Waals surface area contributed by atoms with E-state index in [1.165, 1.54) is 11.8 Å². The highest BCUT2D eigenvalue weighted by molar-refractivity contribution is 7.99. The molecule has 4 rings (SSSR count). The molecule has 32 heavy (non-hydrogen) atoms. The lowest BCUT2D eigenvalue weighted by Crippen LogP contribution is -2.59. The minimum Gasteiger partial charge on any atom is -0.322 e. The molecule has 1 N–H and O–H groups in total. The number of carbonyl (C=O) groups is 2. The Morgan fingerprint density at radius 3 is 2.59 bits per heavy atom. The number of hydrogen-bond acceptors (Lipinski definition) is 5. The highest BCUT2D eigenvalue weighted by atomic mass is 32.2. The van der Waals surface area contributed by atoms with Crippen molar-refractivity contribution in [2.45, 2.75) is 50.9 Å². The molecule has 0 radical (unpaired) electrons. The lowest BCUT2D eigenvalue weighted by molar-refractivity contribution is -0.125. The zero-order valence-electron chi connectivity index (χ0n) is 18.4. The molecule has 1 aliphatic rings.